The lowest BCUT2D eigenvalue weighted by atomic mass is 9.76. The lowest BCUT2D eigenvalue weighted by Crippen LogP contribution is -2.59. The van der Waals surface area contributed by atoms with Gasteiger partial charge in [-0.05, 0) is 40.5 Å². The van der Waals surface area contributed by atoms with Crippen molar-refractivity contribution >= 4 is 11.9 Å². The number of rotatable bonds is 14. The molecule has 26 atom stereocenters. The minimum atomic E-state index is -1.88. The van der Waals surface area contributed by atoms with Crippen LogP contribution in [0.1, 0.15) is 122 Å². The molecule has 8 N–H and O–H groups in total. The van der Waals surface area contributed by atoms with Crippen LogP contribution in [-0.4, -0.2) is 162 Å². The van der Waals surface area contributed by atoms with Gasteiger partial charge >= 0.3 is 11.9 Å². The molecule has 0 spiro atoms. The van der Waals surface area contributed by atoms with Crippen LogP contribution in [0.15, 0.2) is 48.6 Å². The molecular formula is C54H88O18. The molecule has 0 aliphatic carbocycles. The van der Waals surface area contributed by atoms with E-state index in [4.69, 9.17) is 37.9 Å². The average Bonchev–Trinajstić information content (AvgIpc) is 3.31. The van der Waals surface area contributed by atoms with Gasteiger partial charge in [-0.25, -0.2) is 9.59 Å². The summed E-state index contributed by atoms with van der Waals surface area (Å²) in [6.45, 7) is 21.3. The molecule has 0 unspecified atom stereocenters. The Morgan fingerprint density at radius 2 is 0.931 bits per heavy atom. The Balaban J connectivity index is 1.28. The van der Waals surface area contributed by atoms with Crippen molar-refractivity contribution in [3.8, 4) is 0 Å². The fraction of sp³-hybridized carbons (Fsp3) is 0.815. The summed E-state index contributed by atoms with van der Waals surface area (Å²) in [6.07, 6.45) is -0.317. The van der Waals surface area contributed by atoms with Gasteiger partial charge in [-0.15, -0.1) is 0 Å². The Morgan fingerprint density at radius 3 is 1.25 bits per heavy atom. The molecule has 5 aliphatic heterocycles. The third kappa shape index (κ3) is 14.4. The predicted octanol–water partition coefficient (Wildman–Crippen LogP) is 4.12. The standard InChI is InChI=1S/C54H88O18/c1-13-37-33(9)71-53(63,25-41(37)67-45-23-39(55)49(61)35(11)65-45)31(7)47(59)29(5)51-27(3)19-15-17-22-44(58)70-52(28(4)20-16-18-21-43(57)69-51)30(6)48(60)32(8)54(64)26-42(38(14-2)34(10)72-54)68-46-24-40(56)50(62)36(12)66-46/h15-22,27-42,45-52,55-56,59-64H,13-14,23-26H2,1-12H3/b19-15+,20-16+,21-18+,22-17+/t27-,28-,29-,30-,31-,32-,33+,34+,35-,36-,37+,38+,39-,40-,41+,42+,45-,46+,47+,48+,49+,50+,51-,52-,53+,54+/m0/s1. The van der Waals surface area contributed by atoms with Gasteiger partial charge in [0.25, 0.3) is 0 Å². The molecule has 18 heteroatoms. The molecule has 4 saturated heterocycles. The topological polar surface area (TPSA) is 270 Å². The number of aliphatic hydroxyl groups excluding tert-OH is 6. The number of ether oxygens (including phenoxy) is 8. The number of carbonyl (C=O) groups excluding carboxylic acids is 2. The van der Waals surface area contributed by atoms with E-state index >= 15 is 0 Å². The number of esters is 2. The van der Waals surface area contributed by atoms with Gasteiger partial charge in [0.15, 0.2) is 24.2 Å². The summed E-state index contributed by atoms with van der Waals surface area (Å²) >= 11 is 0. The zero-order valence-electron chi connectivity index (χ0n) is 44.4. The Labute approximate surface area is 426 Å². The average molecular weight is 1030 g/mol. The Kier molecular flexibility index (Phi) is 21.7. The predicted molar refractivity (Wildman–Crippen MR) is 263 cm³/mol. The van der Waals surface area contributed by atoms with Crippen molar-refractivity contribution in [3.63, 3.8) is 0 Å². The van der Waals surface area contributed by atoms with Crippen LogP contribution in [0.4, 0.5) is 0 Å². The van der Waals surface area contributed by atoms with Crippen LogP contribution in [0.3, 0.4) is 0 Å². The lowest BCUT2D eigenvalue weighted by molar-refractivity contribution is -0.345. The summed E-state index contributed by atoms with van der Waals surface area (Å²) in [5, 5.41) is 89.6. The zero-order chi connectivity index (χ0) is 53.6. The molecule has 0 bridgehead atoms. The highest BCUT2D eigenvalue weighted by atomic mass is 16.7. The summed E-state index contributed by atoms with van der Waals surface area (Å²) in [6, 6.07) is 0. The molecule has 18 nitrogen and oxygen atoms in total. The van der Waals surface area contributed by atoms with Crippen LogP contribution in [0.2, 0.25) is 0 Å². The Bertz CT molecular complexity index is 1710. The highest BCUT2D eigenvalue weighted by molar-refractivity contribution is 5.83. The Morgan fingerprint density at radius 1 is 0.583 bits per heavy atom. The summed E-state index contributed by atoms with van der Waals surface area (Å²) < 4.78 is 49.1. The second kappa shape index (κ2) is 25.9. The summed E-state index contributed by atoms with van der Waals surface area (Å²) in [5.41, 5.74) is 0. The first-order valence-corrected chi connectivity index (χ1v) is 26.4. The molecule has 0 aromatic rings. The van der Waals surface area contributed by atoms with Crippen molar-refractivity contribution in [1.29, 1.82) is 0 Å². The number of aliphatic hydroxyl groups is 8. The number of cyclic esters (lactones) is 2. The molecule has 5 rings (SSSR count). The van der Waals surface area contributed by atoms with Gasteiger partial charge < -0.3 is 78.7 Å². The molecular weight excluding hydrogens is 937 g/mol. The highest BCUT2D eigenvalue weighted by Crippen LogP contribution is 2.45. The van der Waals surface area contributed by atoms with Crippen molar-refractivity contribution in [2.45, 2.75) is 231 Å². The molecule has 72 heavy (non-hydrogen) atoms. The number of carbonyl (C=O) groups is 2. The van der Waals surface area contributed by atoms with Gasteiger partial charge in [0, 0.05) is 85.2 Å². The number of hydrogen-bond donors (Lipinski definition) is 8. The van der Waals surface area contributed by atoms with Gasteiger partial charge in [0.1, 0.15) is 24.4 Å². The molecule has 0 saturated carbocycles. The van der Waals surface area contributed by atoms with Gasteiger partial charge in [-0.3, -0.25) is 0 Å². The minimum Gasteiger partial charge on any atom is -0.458 e. The number of allylic oxidation sites excluding steroid dienone is 4. The molecule has 4 fully saturated rings. The molecule has 0 aromatic carbocycles. The van der Waals surface area contributed by atoms with E-state index in [-0.39, 0.29) is 37.5 Å². The van der Waals surface area contributed by atoms with Crippen LogP contribution < -0.4 is 0 Å². The van der Waals surface area contributed by atoms with E-state index in [1.807, 2.05) is 27.7 Å². The summed E-state index contributed by atoms with van der Waals surface area (Å²) in [7, 11) is 0. The van der Waals surface area contributed by atoms with Crippen LogP contribution in [-0.2, 0) is 47.5 Å². The molecule has 5 aliphatic rings. The van der Waals surface area contributed by atoms with E-state index in [9.17, 15) is 50.4 Å². The SMILES string of the molecule is CC[C@@H]1[C@@H](C)O[C@@](O)([C@@H](C)[C@H](O)[C@H](C)[C@H]2OC(=O)/C=C/C=C/[C@H](C)[C@@H]([C@@H](C)[C@@H](O)[C@H](C)[C@@]3(O)C[C@@H](O[C@H]4C[C@H](O)[C@H](O)[C@H](C)O4)[C@H](CC)[C@@H](C)O3)OC(=O)/C=C/C=C/[C@@H]2C)C[C@H]1O[C@@H]1C[C@H](O)[C@H](O)[C@H](C)O1. The van der Waals surface area contributed by atoms with Gasteiger partial charge in [0.2, 0.25) is 0 Å². The maximum atomic E-state index is 13.5. The molecule has 0 aromatic heterocycles. The highest BCUT2D eigenvalue weighted by Gasteiger charge is 2.54. The first kappa shape index (κ1) is 60.2. The van der Waals surface area contributed by atoms with Gasteiger partial charge in [-0.1, -0.05) is 91.8 Å². The molecule has 5 heterocycles. The fourth-order valence-electron chi connectivity index (χ4n) is 11.6. The normalized spacial score (nSPS) is 46.1. The summed E-state index contributed by atoms with van der Waals surface area (Å²) in [5.74, 6) is -9.84. The molecule has 0 amide bonds. The third-order valence-electron chi connectivity index (χ3n) is 16.5. The number of hydrogen-bond acceptors (Lipinski definition) is 18. The molecule has 0 radical (unpaired) electrons. The van der Waals surface area contributed by atoms with Gasteiger partial charge in [-0.2, -0.15) is 0 Å². The first-order valence-electron chi connectivity index (χ1n) is 26.4. The fourth-order valence-corrected chi connectivity index (χ4v) is 11.6. The second-order valence-corrected chi connectivity index (χ2v) is 21.7. The maximum Gasteiger partial charge on any atom is 0.331 e. The van der Waals surface area contributed by atoms with E-state index in [1.54, 1.807) is 79.7 Å². The zero-order valence-corrected chi connectivity index (χ0v) is 44.4. The van der Waals surface area contributed by atoms with E-state index in [1.165, 1.54) is 24.3 Å². The largest absolute Gasteiger partial charge is 0.458 e. The smallest absolute Gasteiger partial charge is 0.331 e. The first-order chi connectivity index (χ1) is 33.7. The Hall–Kier alpha value is -2.66. The van der Waals surface area contributed by atoms with Crippen molar-refractivity contribution in [3.05, 3.63) is 48.6 Å². The van der Waals surface area contributed by atoms with E-state index in [0.717, 1.165) is 0 Å². The maximum absolute atomic E-state index is 13.5. The minimum absolute atomic E-state index is 0.0264. The van der Waals surface area contributed by atoms with Crippen LogP contribution in [0, 0.1) is 47.3 Å². The molecule has 412 valence electrons. The van der Waals surface area contributed by atoms with Crippen LogP contribution in [0.25, 0.3) is 0 Å². The van der Waals surface area contributed by atoms with Crippen LogP contribution in [0.5, 0.6) is 0 Å². The van der Waals surface area contributed by atoms with E-state index < -0.39 is 157 Å². The van der Waals surface area contributed by atoms with Crippen molar-refractivity contribution < 1.29 is 88.3 Å². The van der Waals surface area contributed by atoms with E-state index in [2.05, 4.69) is 0 Å². The monoisotopic (exact) mass is 1020 g/mol. The van der Waals surface area contributed by atoms with E-state index in [0.29, 0.717) is 12.8 Å². The second-order valence-electron chi connectivity index (χ2n) is 21.7. The van der Waals surface area contributed by atoms with Gasteiger partial charge in [0.05, 0.1) is 61.0 Å². The van der Waals surface area contributed by atoms with Crippen molar-refractivity contribution in [2.75, 3.05) is 0 Å². The van der Waals surface area contributed by atoms with Crippen molar-refractivity contribution in [2.24, 2.45) is 47.3 Å². The van der Waals surface area contributed by atoms with Crippen LogP contribution >= 0.6 is 0 Å². The van der Waals surface area contributed by atoms with Crippen molar-refractivity contribution in [1.82, 2.24) is 0 Å². The summed E-state index contributed by atoms with van der Waals surface area (Å²) in [4.78, 5) is 27.0. The third-order valence-corrected chi connectivity index (χ3v) is 16.5. The lowest BCUT2D eigenvalue weighted by Gasteiger charge is -2.50. The quantitative estimate of drug-likeness (QED) is 0.114.